The summed E-state index contributed by atoms with van der Waals surface area (Å²) < 4.78 is 2.16. The van der Waals surface area contributed by atoms with Gasteiger partial charge in [0, 0.05) is 16.6 Å². The molecule has 0 atom stereocenters. The molecule has 1 aliphatic heterocycles. The smallest absolute Gasteiger partial charge is 0.160 e. The summed E-state index contributed by atoms with van der Waals surface area (Å²) >= 11 is 1.84. The highest BCUT2D eigenvalue weighted by atomic mass is 32.1. The van der Waals surface area contributed by atoms with Crippen LogP contribution in [0.25, 0.3) is 5.00 Å². The Morgan fingerprint density at radius 3 is 2.88 bits per heavy atom. The van der Waals surface area contributed by atoms with E-state index in [0.717, 1.165) is 35.0 Å². The maximum absolute atomic E-state index is 4.85. The Hall–Kier alpha value is -2.34. The van der Waals surface area contributed by atoms with E-state index >= 15 is 0 Å². The molecule has 0 aromatic carbocycles. The van der Waals surface area contributed by atoms with Gasteiger partial charge >= 0.3 is 0 Å². The lowest BCUT2D eigenvalue weighted by atomic mass is 10.1. The van der Waals surface area contributed by atoms with Crippen molar-refractivity contribution >= 4 is 17.0 Å². The Bertz CT molecular complexity index is 923. The van der Waals surface area contributed by atoms with Crippen LogP contribution >= 0.6 is 11.3 Å². The molecule has 26 heavy (non-hydrogen) atoms. The molecule has 0 aliphatic carbocycles. The number of thiophene rings is 1. The number of hydrogen-bond donors (Lipinski definition) is 0. The topological polar surface area (TPSA) is 56.0 Å². The molecule has 0 radical (unpaired) electrons. The van der Waals surface area contributed by atoms with Crippen LogP contribution in [0, 0.1) is 6.92 Å². The first-order valence-corrected chi connectivity index (χ1v) is 10.1. The molecule has 0 saturated carbocycles. The Kier molecular flexibility index (Phi) is 4.93. The molecule has 3 aromatic rings. The van der Waals surface area contributed by atoms with Crippen LogP contribution in [0.5, 0.6) is 0 Å². The second-order valence-electron chi connectivity index (χ2n) is 6.62. The van der Waals surface area contributed by atoms with E-state index in [1.807, 2.05) is 42.7 Å². The van der Waals surface area contributed by atoms with Crippen molar-refractivity contribution in [1.29, 1.82) is 0 Å². The lowest BCUT2D eigenvalue weighted by Gasteiger charge is -2.06. The molecule has 0 N–H and O–H groups in total. The molecule has 3 aromatic heterocycles. The van der Waals surface area contributed by atoms with Gasteiger partial charge in [-0.25, -0.2) is 0 Å². The third-order valence-corrected chi connectivity index (χ3v) is 5.86. The summed E-state index contributed by atoms with van der Waals surface area (Å²) in [4.78, 5) is 10.8. The zero-order valence-corrected chi connectivity index (χ0v) is 16.1. The van der Waals surface area contributed by atoms with Crippen molar-refractivity contribution < 1.29 is 0 Å². The van der Waals surface area contributed by atoms with Crippen LogP contribution in [0.3, 0.4) is 0 Å². The molecule has 0 unspecified atom stereocenters. The maximum Gasteiger partial charge on any atom is 0.160 e. The number of aryl methyl sites for hydroxylation is 2. The largest absolute Gasteiger partial charge is 0.274 e. The van der Waals surface area contributed by atoms with Crippen molar-refractivity contribution in [3.63, 3.8) is 0 Å². The van der Waals surface area contributed by atoms with Crippen LogP contribution in [0.4, 0.5) is 0 Å². The Morgan fingerprint density at radius 1 is 1.15 bits per heavy atom. The molecular formula is C20H23N5S. The number of rotatable bonds is 6. The van der Waals surface area contributed by atoms with E-state index in [0.29, 0.717) is 6.54 Å². The predicted octanol–water partition coefficient (Wildman–Crippen LogP) is 4.51. The van der Waals surface area contributed by atoms with Gasteiger partial charge < -0.3 is 0 Å². The SMILES string of the molecule is CCCCCCc1cc2c(s1)-n1c(C)nnc1CN=C2c1ccccn1. The van der Waals surface area contributed by atoms with Gasteiger partial charge in [-0.05, 0) is 38.0 Å². The highest BCUT2D eigenvalue weighted by Crippen LogP contribution is 2.33. The lowest BCUT2D eigenvalue weighted by Crippen LogP contribution is -2.06. The first kappa shape index (κ1) is 17.1. The monoisotopic (exact) mass is 365 g/mol. The summed E-state index contributed by atoms with van der Waals surface area (Å²) in [6.07, 6.45) is 8.03. The van der Waals surface area contributed by atoms with Crippen LogP contribution in [0.1, 0.15) is 60.4 Å². The van der Waals surface area contributed by atoms with Crippen LogP contribution in [0.2, 0.25) is 0 Å². The molecule has 1 aliphatic rings. The number of hydrogen-bond acceptors (Lipinski definition) is 5. The van der Waals surface area contributed by atoms with E-state index in [2.05, 4.69) is 32.7 Å². The van der Waals surface area contributed by atoms with E-state index in [9.17, 15) is 0 Å². The average molecular weight is 366 g/mol. The number of nitrogens with zero attached hydrogens (tertiary/aromatic N) is 5. The molecule has 6 heteroatoms. The first-order chi connectivity index (χ1) is 12.8. The van der Waals surface area contributed by atoms with E-state index < -0.39 is 0 Å². The fourth-order valence-corrected chi connectivity index (χ4v) is 4.61. The molecule has 0 spiro atoms. The molecule has 0 amide bonds. The van der Waals surface area contributed by atoms with Crippen molar-refractivity contribution in [2.45, 2.75) is 52.5 Å². The van der Waals surface area contributed by atoms with Gasteiger partial charge in [-0.3, -0.25) is 14.5 Å². The summed E-state index contributed by atoms with van der Waals surface area (Å²) in [7, 11) is 0. The number of aliphatic imine (C=N–C) groups is 1. The summed E-state index contributed by atoms with van der Waals surface area (Å²) in [5.74, 6) is 1.81. The maximum atomic E-state index is 4.85. The van der Waals surface area contributed by atoms with Gasteiger partial charge in [-0.1, -0.05) is 32.3 Å². The van der Waals surface area contributed by atoms with Crippen molar-refractivity contribution in [2.24, 2.45) is 4.99 Å². The van der Waals surface area contributed by atoms with Gasteiger partial charge in [0.2, 0.25) is 0 Å². The molecular weight excluding hydrogens is 342 g/mol. The van der Waals surface area contributed by atoms with Gasteiger partial charge in [0.05, 0.1) is 11.4 Å². The normalized spacial score (nSPS) is 13.1. The van der Waals surface area contributed by atoms with Gasteiger partial charge in [-0.2, -0.15) is 0 Å². The van der Waals surface area contributed by atoms with E-state index in [4.69, 9.17) is 4.99 Å². The van der Waals surface area contributed by atoms with E-state index in [-0.39, 0.29) is 0 Å². The minimum absolute atomic E-state index is 0.528. The summed E-state index contributed by atoms with van der Waals surface area (Å²) in [5.41, 5.74) is 3.03. The zero-order chi connectivity index (χ0) is 17.9. The van der Waals surface area contributed by atoms with Crippen molar-refractivity contribution in [3.05, 3.63) is 58.2 Å². The predicted molar refractivity (Wildman–Crippen MR) is 105 cm³/mol. The Labute approximate surface area is 157 Å². The summed E-state index contributed by atoms with van der Waals surface area (Å²) in [6, 6.07) is 8.28. The van der Waals surface area contributed by atoms with Crippen LogP contribution < -0.4 is 0 Å². The van der Waals surface area contributed by atoms with Crippen molar-refractivity contribution in [1.82, 2.24) is 19.7 Å². The standard InChI is InChI=1S/C20H23N5S/c1-3-4-5-6-9-15-12-16-19(17-10-7-8-11-21-17)22-13-18-24-23-14(2)25(18)20(16)26-15/h7-8,10-12H,3-6,9,13H2,1-2H3. The van der Waals surface area contributed by atoms with Crippen LogP contribution in [-0.4, -0.2) is 25.5 Å². The van der Waals surface area contributed by atoms with E-state index in [1.165, 1.54) is 35.6 Å². The molecule has 4 rings (SSSR count). The van der Waals surface area contributed by atoms with Gasteiger partial charge in [0.1, 0.15) is 17.4 Å². The van der Waals surface area contributed by atoms with Gasteiger partial charge in [0.15, 0.2) is 5.82 Å². The van der Waals surface area contributed by atoms with Crippen molar-refractivity contribution in [2.75, 3.05) is 0 Å². The first-order valence-electron chi connectivity index (χ1n) is 9.28. The van der Waals surface area contributed by atoms with Gasteiger partial charge in [0.25, 0.3) is 0 Å². The van der Waals surface area contributed by atoms with E-state index in [1.54, 1.807) is 0 Å². The highest BCUT2D eigenvalue weighted by Gasteiger charge is 2.24. The Balaban J connectivity index is 1.75. The average Bonchev–Trinajstić information content (AvgIpc) is 3.19. The summed E-state index contributed by atoms with van der Waals surface area (Å²) in [6.45, 7) is 4.78. The molecule has 4 heterocycles. The third-order valence-electron chi connectivity index (χ3n) is 4.68. The molecule has 5 nitrogen and oxygen atoms in total. The number of pyridine rings is 1. The molecule has 0 saturated heterocycles. The fraction of sp³-hybridized carbons (Fsp3) is 0.400. The zero-order valence-electron chi connectivity index (χ0n) is 15.3. The summed E-state index contributed by atoms with van der Waals surface area (Å²) in [5, 5.41) is 9.77. The quantitative estimate of drug-likeness (QED) is 0.604. The third kappa shape index (κ3) is 3.21. The molecule has 0 fully saturated rings. The Morgan fingerprint density at radius 2 is 2.08 bits per heavy atom. The molecule has 134 valence electrons. The minimum atomic E-state index is 0.528. The number of aromatic nitrogens is 4. The second-order valence-corrected chi connectivity index (χ2v) is 7.74. The van der Waals surface area contributed by atoms with Crippen LogP contribution in [0.15, 0.2) is 35.5 Å². The van der Waals surface area contributed by atoms with Crippen LogP contribution in [-0.2, 0) is 13.0 Å². The fourth-order valence-electron chi connectivity index (χ4n) is 3.35. The molecule has 0 bridgehead atoms. The lowest BCUT2D eigenvalue weighted by molar-refractivity contribution is 0.670. The number of fused-ring (bicyclic) bond motifs is 3. The number of unbranched alkanes of at least 4 members (excludes halogenated alkanes) is 3. The van der Waals surface area contributed by atoms with Crippen molar-refractivity contribution in [3.8, 4) is 5.00 Å². The minimum Gasteiger partial charge on any atom is -0.274 e. The van der Waals surface area contributed by atoms with Gasteiger partial charge in [-0.15, -0.1) is 21.5 Å². The highest BCUT2D eigenvalue weighted by molar-refractivity contribution is 7.15. The second kappa shape index (κ2) is 7.50.